The first-order chi connectivity index (χ1) is 7.44. The van der Waals surface area contributed by atoms with Gasteiger partial charge in [-0.15, -0.1) is 0 Å². The Bertz CT molecular complexity index is 354. The van der Waals surface area contributed by atoms with Crippen LogP contribution in [-0.4, -0.2) is 19.6 Å². The summed E-state index contributed by atoms with van der Waals surface area (Å²) in [5, 5.41) is 0.00111. The predicted molar refractivity (Wildman–Crippen MR) is 58.6 cm³/mol. The second-order valence-corrected chi connectivity index (χ2v) is 6.33. The molecule has 90 valence electrons. The maximum absolute atomic E-state index is 12.0. The minimum absolute atomic E-state index is 0.00111. The lowest BCUT2D eigenvalue weighted by Gasteiger charge is -2.18. The van der Waals surface area contributed by atoms with Crippen molar-refractivity contribution in [1.29, 1.82) is 0 Å². The Morgan fingerprint density at radius 2 is 1.38 bits per heavy atom. The van der Waals surface area contributed by atoms with Crippen LogP contribution in [0.3, 0.4) is 0 Å². The van der Waals surface area contributed by atoms with Gasteiger partial charge in [0, 0.05) is 0 Å². The highest BCUT2D eigenvalue weighted by Crippen LogP contribution is 2.61. The van der Waals surface area contributed by atoms with E-state index >= 15 is 0 Å². The zero-order valence-corrected chi connectivity index (χ0v) is 10.4. The minimum Gasteiger partial charge on any atom is -0.328 e. The van der Waals surface area contributed by atoms with E-state index in [1.54, 1.807) is 6.07 Å². The van der Waals surface area contributed by atoms with Gasteiger partial charge in [-0.3, -0.25) is 4.57 Å². The predicted octanol–water partition coefficient (Wildman–Crippen LogP) is 0.961. The van der Waals surface area contributed by atoms with Crippen molar-refractivity contribution in [2.75, 3.05) is 0 Å². The number of hydrogen-bond acceptors (Lipinski definition) is 7. The molecule has 0 aliphatic rings. The van der Waals surface area contributed by atoms with Crippen molar-refractivity contribution in [3.05, 3.63) is 30.3 Å². The van der Waals surface area contributed by atoms with E-state index in [4.69, 9.17) is 19.6 Å². The molecule has 0 saturated carbocycles. The maximum atomic E-state index is 12.0. The molecule has 0 unspecified atom stereocenters. The van der Waals surface area contributed by atoms with Gasteiger partial charge in [-0.25, -0.2) is 8.62 Å². The smallest absolute Gasteiger partial charge is 0.328 e. The number of hydrogen-bond donors (Lipinski definition) is 4. The molecular formula is C6H9O7P3. The lowest BCUT2D eigenvalue weighted by Crippen LogP contribution is -2.06. The Morgan fingerprint density at radius 1 is 0.938 bits per heavy atom. The molecule has 0 amide bonds. The first-order valence-electron chi connectivity index (χ1n) is 3.85. The van der Waals surface area contributed by atoms with Crippen LogP contribution in [0, 0.1) is 0 Å². The molecule has 0 aliphatic carbocycles. The highest BCUT2D eigenvalue weighted by molar-refractivity contribution is 7.72. The first-order valence-corrected chi connectivity index (χ1v) is 7.72. The molecule has 0 heterocycles. The zero-order chi connectivity index (χ0) is 12.2. The van der Waals surface area contributed by atoms with Crippen molar-refractivity contribution in [2.24, 2.45) is 0 Å². The lowest BCUT2D eigenvalue weighted by molar-refractivity contribution is 0.316. The van der Waals surface area contributed by atoms with E-state index in [0.29, 0.717) is 0 Å². The quantitative estimate of drug-likeness (QED) is 0.595. The molecule has 0 saturated heterocycles. The van der Waals surface area contributed by atoms with Gasteiger partial charge >= 0.3 is 24.8 Å². The van der Waals surface area contributed by atoms with Crippen molar-refractivity contribution in [3.63, 3.8) is 0 Å². The fourth-order valence-corrected chi connectivity index (χ4v) is 4.13. The lowest BCUT2D eigenvalue weighted by atomic mass is 10.4. The van der Waals surface area contributed by atoms with E-state index in [9.17, 15) is 4.57 Å². The summed E-state index contributed by atoms with van der Waals surface area (Å²) < 4.78 is 20.7. The molecule has 0 atom stereocenters. The van der Waals surface area contributed by atoms with Gasteiger partial charge in [-0.05, 0) is 12.1 Å². The van der Waals surface area contributed by atoms with Crippen LogP contribution >= 0.6 is 24.8 Å². The van der Waals surface area contributed by atoms with E-state index < -0.39 is 24.8 Å². The average molecular weight is 286 g/mol. The van der Waals surface area contributed by atoms with Crippen molar-refractivity contribution in [2.45, 2.75) is 0 Å². The van der Waals surface area contributed by atoms with Crippen molar-refractivity contribution < 1.29 is 32.8 Å². The molecule has 0 bridgehead atoms. The second kappa shape index (κ2) is 6.12. The van der Waals surface area contributed by atoms with Crippen LogP contribution < -0.4 is 5.30 Å². The maximum Gasteiger partial charge on any atom is 0.374 e. The van der Waals surface area contributed by atoms with Crippen molar-refractivity contribution >= 4 is 30.1 Å². The SMILES string of the molecule is O=P(OP(O)O)(OP(O)O)c1ccccc1. The van der Waals surface area contributed by atoms with Gasteiger partial charge in [0.1, 0.15) is 0 Å². The summed E-state index contributed by atoms with van der Waals surface area (Å²) in [6.07, 6.45) is 0. The molecule has 0 spiro atoms. The first kappa shape index (κ1) is 14.1. The highest BCUT2D eigenvalue weighted by Gasteiger charge is 2.34. The molecule has 0 aliphatic heterocycles. The molecule has 4 N–H and O–H groups in total. The van der Waals surface area contributed by atoms with Crippen LogP contribution in [0.4, 0.5) is 0 Å². The zero-order valence-electron chi connectivity index (χ0n) is 7.74. The Hall–Kier alpha value is 0.0700. The Kier molecular flexibility index (Phi) is 5.41. The van der Waals surface area contributed by atoms with Crippen LogP contribution in [0.2, 0.25) is 0 Å². The van der Waals surface area contributed by atoms with Crippen LogP contribution in [0.25, 0.3) is 0 Å². The topological polar surface area (TPSA) is 116 Å². The van der Waals surface area contributed by atoms with Crippen LogP contribution in [-0.2, 0) is 13.2 Å². The van der Waals surface area contributed by atoms with Gasteiger partial charge in [-0.1, -0.05) is 18.2 Å². The van der Waals surface area contributed by atoms with E-state index in [1.165, 1.54) is 24.3 Å². The summed E-state index contributed by atoms with van der Waals surface area (Å²) in [6, 6.07) is 7.36. The van der Waals surface area contributed by atoms with Crippen LogP contribution in [0.5, 0.6) is 0 Å². The monoisotopic (exact) mass is 286 g/mol. The summed E-state index contributed by atoms with van der Waals surface area (Å²) >= 11 is 0. The van der Waals surface area contributed by atoms with Gasteiger partial charge in [0.2, 0.25) is 0 Å². The van der Waals surface area contributed by atoms with Crippen LogP contribution in [0.15, 0.2) is 30.3 Å². The molecule has 10 heteroatoms. The molecular weight excluding hydrogens is 277 g/mol. The summed E-state index contributed by atoms with van der Waals surface area (Å²) in [6.45, 7) is 0. The Morgan fingerprint density at radius 3 is 1.75 bits per heavy atom. The standard InChI is InChI=1S/C6H9O7P3/c7-14(8)12-16(11,13-15(9)10)6-4-2-1-3-5-6/h1-5,7-10H. The van der Waals surface area contributed by atoms with E-state index in [1.807, 2.05) is 0 Å². The normalized spacial score (nSPS) is 12.4. The number of benzene rings is 1. The third kappa shape index (κ3) is 4.15. The van der Waals surface area contributed by atoms with Gasteiger partial charge in [0.05, 0.1) is 5.30 Å². The molecule has 1 aromatic rings. The molecule has 0 aromatic heterocycles. The van der Waals surface area contributed by atoms with Crippen LogP contribution in [0.1, 0.15) is 0 Å². The molecule has 16 heavy (non-hydrogen) atoms. The molecule has 7 nitrogen and oxygen atoms in total. The van der Waals surface area contributed by atoms with Crippen molar-refractivity contribution in [3.8, 4) is 0 Å². The largest absolute Gasteiger partial charge is 0.374 e. The van der Waals surface area contributed by atoms with E-state index in [0.717, 1.165) is 0 Å². The van der Waals surface area contributed by atoms with Gasteiger partial charge in [0.25, 0.3) is 0 Å². The second-order valence-electron chi connectivity index (χ2n) is 2.50. The Labute approximate surface area is 93.8 Å². The van der Waals surface area contributed by atoms with E-state index in [-0.39, 0.29) is 5.30 Å². The minimum atomic E-state index is -4.13. The summed E-state index contributed by atoms with van der Waals surface area (Å²) in [4.78, 5) is 34.6. The fraction of sp³-hybridized carbons (Fsp3) is 0. The highest BCUT2D eigenvalue weighted by atomic mass is 31.3. The summed E-state index contributed by atoms with van der Waals surface area (Å²) in [5.74, 6) is 0. The summed E-state index contributed by atoms with van der Waals surface area (Å²) in [5.41, 5.74) is 0. The molecule has 1 rings (SSSR count). The van der Waals surface area contributed by atoms with Crippen molar-refractivity contribution in [1.82, 2.24) is 0 Å². The van der Waals surface area contributed by atoms with Gasteiger partial charge in [-0.2, -0.15) is 0 Å². The average Bonchev–Trinajstić information content (AvgIpc) is 2.16. The number of rotatable bonds is 5. The van der Waals surface area contributed by atoms with Gasteiger partial charge < -0.3 is 19.6 Å². The van der Waals surface area contributed by atoms with Gasteiger partial charge in [0.15, 0.2) is 0 Å². The molecule has 0 fully saturated rings. The fourth-order valence-electron chi connectivity index (χ4n) is 0.912. The Balaban J connectivity index is 3.00. The summed E-state index contributed by atoms with van der Waals surface area (Å²) in [7, 11) is -10.0. The molecule has 0 radical (unpaired) electrons. The third-order valence-electron chi connectivity index (χ3n) is 1.43. The third-order valence-corrected chi connectivity index (χ3v) is 5.25. The van der Waals surface area contributed by atoms with E-state index in [2.05, 4.69) is 8.62 Å². The molecule has 1 aromatic carbocycles.